The molecule has 0 unspecified atom stereocenters. The van der Waals surface area contributed by atoms with E-state index in [2.05, 4.69) is 26.1 Å². The van der Waals surface area contributed by atoms with E-state index in [1.807, 2.05) is 53.9 Å². The molecule has 0 atom stereocenters. The molecule has 3 aromatic rings. The number of pyridine rings is 1. The smallest absolute Gasteiger partial charge is 0.175 e. The average Bonchev–Trinajstić information content (AvgIpc) is 2.80. The maximum Gasteiger partial charge on any atom is 0.175 e. The van der Waals surface area contributed by atoms with E-state index in [1.54, 1.807) is 0 Å². The van der Waals surface area contributed by atoms with E-state index in [0.29, 0.717) is 6.61 Å². The highest BCUT2D eigenvalue weighted by Gasteiger charge is 2.07. The van der Waals surface area contributed by atoms with Crippen molar-refractivity contribution in [2.24, 2.45) is 0 Å². The van der Waals surface area contributed by atoms with Crippen molar-refractivity contribution in [1.29, 1.82) is 0 Å². The van der Waals surface area contributed by atoms with E-state index in [4.69, 9.17) is 4.74 Å². The first kappa shape index (κ1) is 12.2. The Balaban J connectivity index is 1.84. The molecule has 19 heavy (non-hydrogen) atoms. The van der Waals surface area contributed by atoms with E-state index in [1.165, 1.54) is 0 Å². The molecule has 0 spiro atoms. The summed E-state index contributed by atoms with van der Waals surface area (Å²) in [6.07, 6.45) is 1.93. The second-order valence-corrected chi connectivity index (χ2v) is 5.16. The van der Waals surface area contributed by atoms with Gasteiger partial charge in [0.15, 0.2) is 11.5 Å². The number of hydrogen-bond acceptors (Lipinski definition) is 3. The summed E-state index contributed by atoms with van der Waals surface area (Å²) in [5, 5.41) is 8.27. The Kier molecular flexibility index (Phi) is 3.21. The molecule has 0 N–H and O–H groups in total. The Morgan fingerprint density at radius 3 is 2.89 bits per heavy atom. The van der Waals surface area contributed by atoms with Gasteiger partial charge in [0, 0.05) is 10.7 Å². The van der Waals surface area contributed by atoms with Crippen LogP contribution in [0.4, 0.5) is 0 Å². The number of fused-ring (bicyclic) bond motifs is 1. The van der Waals surface area contributed by atoms with Gasteiger partial charge in [0.25, 0.3) is 0 Å². The van der Waals surface area contributed by atoms with Crippen molar-refractivity contribution in [2.45, 2.75) is 13.5 Å². The molecule has 2 aromatic heterocycles. The van der Waals surface area contributed by atoms with E-state index < -0.39 is 0 Å². The van der Waals surface area contributed by atoms with Crippen LogP contribution in [0.5, 0.6) is 5.75 Å². The minimum atomic E-state index is 0.396. The summed E-state index contributed by atoms with van der Waals surface area (Å²) in [6, 6.07) is 11.8. The second-order valence-electron chi connectivity index (χ2n) is 4.24. The molecule has 0 aliphatic rings. The zero-order valence-corrected chi connectivity index (χ0v) is 12.0. The van der Waals surface area contributed by atoms with Crippen LogP contribution in [0.15, 0.2) is 47.1 Å². The van der Waals surface area contributed by atoms with Crippen LogP contribution in [-0.2, 0) is 6.61 Å². The Hall–Kier alpha value is -1.88. The van der Waals surface area contributed by atoms with Gasteiger partial charge >= 0.3 is 0 Å². The van der Waals surface area contributed by atoms with Crippen LogP contribution in [0.1, 0.15) is 11.4 Å². The summed E-state index contributed by atoms with van der Waals surface area (Å²) in [7, 11) is 0. The normalized spacial score (nSPS) is 10.8. The fraction of sp³-hybridized carbons (Fsp3) is 0.143. The van der Waals surface area contributed by atoms with Crippen molar-refractivity contribution in [3.63, 3.8) is 0 Å². The number of halogens is 1. The topological polar surface area (TPSA) is 39.4 Å². The Morgan fingerprint density at radius 2 is 2.05 bits per heavy atom. The number of hydrogen-bond donors (Lipinski definition) is 0. The van der Waals surface area contributed by atoms with Gasteiger partial charge in [0.2, 0.25) is 0 Å². The van der Waals surface area contributed by atoms with Crippen LogP contribution in [0.2, 0.25) is 0 Å². The van der Waals surface area contributed by atoms with Crippen LogP contribution in [0.3, 0.4) is 0 Å². The van der Waals surface area contributed by atoms with Crippen molar-refractivity contribution >= 4 is 21.6 Å². The van der Waals surface area contributed by atoms with Crippen molar-refractivity contribution in [3.8, 4) is 5.75 Å². The van der Waals surface area contributed by atoms with E-state index in [-0.39, 0.29) is 0 Å². The highest BCUT2D eigenvalue weighted by molar-refractivity contribution is 9.10. The maximum absolute atomic E-state index is 5.78. The third kappa shape index (κ3) is 2.46. The zero-order valence-electron chi connectivity index (χ0n) is 10.4. The van der Waals surface area contributed by atoms with Gasteiger partial charge in [-0.2, -0.15) is 0 Å². The molecular weight excluding hydrogens is 306 g/mol. The van der Waals surface area contributed by atoms with Gasteiger partial charge in [-0.15, -0.1) is 10.2 Å². The SMILES string of the molecule is Cc1ccccc1OCc1nnc2cc(Br)ccn12. The third-order valence-corrected chi connectivity index (χ3v) is 3.39. The molecule has 2 heterocycles. The van der Waals surface area contributed by atoms with Gasteiger partial charge in [-0.25, -0.2) is 0 Å². The van der Waals surface area contributed by atoms with E-state index in [9.17, 15) is 0 Å². The standard InChI is InChI=1S/C14H12BrN3O/c1-10-4-2-3-5-12(10)19-9-14-17-16-13-8-11(15)6-7-18(13)14/h2-8H,9H2,1H3. The van der Waals surface area contributed by atoms with Crippen molar-refractivity contribution in [3.05, 3.63) is 58.5 Å². The minimum Gasteiger partial charge on any atom is -0.485 e. The number of nitrogens with zero attached hydrogens (tertiary/aromatic N) is 3. The summed E-state index contributed by atoms with van der Waals surface area (Å²) in [6.45, 7) is 2.42. The molecule has 0 aliphatic carbocycles. The lowest BCUT2D eigenvalue weighted by atomic mass is 10.2. The van der Waals surface area contributed by atoms with Crippen molar-refractivity contribution in [1.82, 2.24) is 14.6 Å². The van der Waals surface area contributed by atoms with Gasteiger partial charge in [-0.05, 0) is 30.7 Å². The molecule has 0 saturated carbocycles. The summed E-state index contributed by atoms with van der Waals surface area (Å²) in [4.78, 5) is 0. The number of aryl methyl sites for hydroxylation is 1. The highest BCUT2D eigenvalue weighted by atomic mass is 79.9. The summed E-state index contributed by atoms with van der Waals surface area (Å²) >= 11 is 3.41. The van der Waals surface area contributed by atoms with Crippen LogP contribution >= 0.6 is 15.9 Å². The second kappa shape index (κ2) is 5.01. The minimum absolute atomic E-state index is 0.396. The summed E-state index contributed by atoms with van der Waals surface area (Å²) < 4.78 is 8.69. The Morgan fingerprint density at radius 1 is 1.21 bits per heavy atom. The van der Waals surface area contributed by atoms with Crippen molar-refractivity contribution in [2.75, 3.05) is 0 Å². The van der Waals surface area contributed by atoms with E-state index >= 15 is 0 Å². The molecular formula is C14H12BrN3O. The summed E-state index contributed by atoms with van der Waals surface area (Å²) in [5.74, 6) is 1.65. The molecule has 0 aliphatic heterocycles. The van der Waals surface area contributed by atoms with Crippen LogP contribution in [-0.4, -0.2) is 14.6 Å². The lowest BCUT2D eigenvalue weighted by Crippen LogP contribution is -2.02. The fourth-order valence-electron chi connectivity index (χ4n) is 1.87. The number of aromatic nitrogens is 3. The van der Waals surface area contributed by atoms with Crippen LogP contribution < -0.4 is 4.74 Å². The molecule has 0 fully saturated rings. The molecule has 3 rings (SSSR count). The first-order valence-electron chi connectivity index (χ1n) is 5.91. The number of rotatable bonds is 3. The Labute approximate surface area is 119 Å². The predicted molar refractivity (Wildman–Crippen MR) is 76.2 cm³/mol. The molecule has 0 bridgehead atoms. The lowest BCUT2D eigenvalue weighted by Gasteiger charge is -2.07. The molecule has 0 radical (unpaired) electrons. The monoisotopic (exact) mass is 317 g/mol. The molecule has 96 valence electrons. The highest BCUT2D eigenvalue weighted by Crippen LogP contribution is 2.18. The van der Waals surface area contributed by atoms with Crippen molar-refractivity contribution < 1.29 is 4.74 Å². The number of para-hydroxylation sites is 1. The zero-order chi connectivity index (χ0) is 13.2. The predicted octanol–water partition coefficient (Wildman–Crippen LogP) is 3.38. The maximum atomic E-state index is 5.78. The van der Waals surface area contributed by atoms with Gasteiger partial charge < -0.3 is 4.74 Å². The lowest BCUT2D eigenvalue weighted by molar-refractivity contribution is 0.292. The fourth-order valence-corrected chi connectivity index (χ4v) is 2.20. The largest absolute Gasteiger partial charge is 0.485 e. The first-order valence-corrected chi connectivity index (χ1v) is 6.71. The first-order chi connectivity index (χ1) is 9.24. The number of ether oxygens (including phenoxy) is 1. The van der Waals surface area contributed by atoms with Gasteiger partial charge in [0.1, 0.15) is 12.4 Å². The molecule has 0 amide bonds. The van der Waals surface area contributed by atoms with Gasteiger partial charge in [-0.1, -0.05) is 34.1 Å². The van der Waals surface area contributed by atoms with Gasteiger partial charge in [0.05, 0.1) is 0 Å². The third-order valence-electron chi connectivity index (χ3n) is 2.89. The van der Waals surface area contributed by atoms with Gasteiger partial charge in [-0.3, -0.25) is 4.40 Å². The van der Waals surface area contributed by atoms with E-state index in [0.717, 1.165) is 27.3 Å². The Bertz CT molecular complexity index is 724. The summed E-state index contributed by atoms with van der Waals surface area (Å²) in [5.41, 5.74) is 1.91. The average molecular weight is 318 g/mol. The van der Waals surface area contributed by atoms with Crippen LogP contribution in [0, 0.1) is 6.92 Å². The van der Waals surface area contributed by atoms with Crippen LogP contribution in [0.25, 0.3) is 5.65 Å². The molecule has 1 aromatic carbocycles. The number of benzene rings is 1. The quantitative estimate of drug-likeness (QED) is 0.743. The molecule has 5 heteroatoms. The molecule has 4 nitrogen and oxygen atoms in total. The molecule has 0 saturated heterocycles.